The number of urea groups is 1. The fourth-order valence-corrected chi connectivity index (χ4v) is 4.04. The molecule has 6 heteroatoms. The summed E-state index contributed by atoms with van der Waals surface area (Å²) >= 11 is 7.70. The monoisotopic (exact) mass is 348 g/mol. The van der Waals surface area contributed by atoms with Crippen LogP contribution in [0.25, 0.3) is 0 Å². The molecule has 2 amide bonds. The van der Waals surface area contributed by atoms with Crippen molar-refractivity contribution in [1.29, 1.82) is 0 Å². The lowest BCUT2D eigenvalue weighted by atomic mass is 10.2. The highest BCUT2D eigenvalue weighted by Gasteiger charge is 2.32. The van der Waals surface area contributed by atoms with Gasteiger partial charge in [0.1, 0.15) is 11.1 Å². The molecule has 1 N–H and O–H groups in total. The van der Waals surface area contributed by atoms with Crippen LogP contribution in [0.3, 0.4) is 0 Å². The van der Waals surface area contributed by atoms with E-state index in [2.05, 4.69) is 5.32 Å². The Morgan fingerprint density at radius 1 is 1.30 bits per heavy atom. The van der Waals surface area contributed by atoms with Crippen molar-refractivity contribution >= 4 is 35.1 Å². The molecule has 1 aliphatic heterocycles. The van der Waals surface area contributed by atoms with Crippen molar-refractivity contribution in [2.45, 2.75) is 5.37 Å². The zero-order chi connectivity index (χ0) is 16.2. The lowest BCUT2D eigenvalue weighted by Gasteiger charge is -2.25. The predicted molar refractivity (Wildman–Crippen MR) is 95.4 cm³/mol. The minimum atomic E-state index is -0.131. The van der Waals surface area contributed by atoms with Crippen molar-refractivity contribution in [1.82, 2.24) is 4.90 Å². The molecule has 1 fully saturated rings. The number of rotatable bonds is 3. The summed E-state index contributed by atoms with van der Waals surface area (Å²) in [4.78, 5) is 14.4. The molecule has 1 heterocycles. The van der Waals surface area contributed by atoms with Gasteiger partial charge in [-0.1, -0.05) is 35.9 Å². The molecule has 23 heavy (non-hydrogen) atoms. The molecule has 1 aliphatic rings. The van der Waals surface area contributed by atoms with Gasteiger partial charge in [-0.05, 0) is 24.3 Å². The number of carbonyl (C=O) groups excluding carboxylic acids is 1. The van der Waals surface area contributed by atoms with Crippen LogP contribution in [-0.2, 0) is 0 Å². The standard InChI is InChI=1S/C17H17ClN2O2S/c1-22-15-8-3-2-7-14(15)16-20(9-10-23-16)17(21)19-13-6-4-5-12(18)11-13/h2-8,11,16H,9-10H2,1H3,(H,19,21)/t16-/m0/s1. The maximum Gasteiger partial charge on any atom is 0.323 e. The number of amides is 2. The van der Waals surface area contributed by atoms with Crippen LogP contribution in [0.15, 0.2) is 48.5 Å². The summed E-state index contributed by atoms with van der Waals surface area (Å²) in [5.74, 6) is 1.69. The normalized spacial score (nSPS) is 17.1. The van der Waals surface area contributed by atoms with Gasteiger partial charge in [0.15, 0.2) is 0 Å². The van der Waals surface area contributed by atoms with Crippen LogP contribution in [0.5, 0.6) is 5.75 Å². The second-order valence-corrected chi connectivity index (χ2v) is 6.72. The van der Waals surface area contributed by atoms with E-state index in [4.69, 9.17) is 16.3 Å². The number of methoxy groups -OCH3 is 1. The topological polar surface area (TPSA) is 41.6 Å². The summed E-state index contributed by atoms with van der Waals surface area (Å²) in [6.45, 7) is 0.694. The van der Waals surface area contributed by atoms with E-state index >= 15 is 0 Å². The fourth-order valence-electron chi connectivity index (χ4n) is 2.57. The number of nitrogens with zero attached hydrogens (tertiary/aromatic N) is 1. The Morgan fingerprint density at radius 2 is 2.13 bits per heavy atom. The van der Waals surface area contributed by atoms with E-state index in [0.29, 0.717) is 17.3 Å². The quantitative estimate of drug-likeness (QED) is 0.879. The SMILES string of the molecule is COc1ccccc1[C@@H]1SCCN1C(=O)Nc1cccc(Cl)c1. The van der Waals surface area contributed by atoms with Gasteiger partial charge in [0.05, 0.1) is 7.11 Å². The summed E-state index contributed by atoms with van der Waals surface area (Å²) in [7, 11) is 1.65. The number of hydrogen-bond donors (Lipinski definition) is 1. The fraction of sp³-hybridized carbons (Fsp3) is 0.235. The van der Waals surface area contributed by atoms with Gasteiger partial charge < -0.3 is 15.0 Å². The second kappa shape index (κ2) is 7.15. The summed E-state index contributed by atoms with van der Waals surface area (Å²) < 4.78 is 5.43. The number of carbonyl (C=O) groups is 1. The van der Waals surface area contributed by atoms with Crippen molar-refractivity contribution in [2.24, 2.45) is 0 Å². The van der Waals surface area contributed by atoms with Crippen molar-refractivity contribution < 1.29 is 9.53 Å². The molecule has 1 atom stereocenters. The van der Waals surface area contributed by atoms with E-state index < -0.39 is 0 Å². The maximum atomic E-state index is 12.6. The molecule has 0 radical (unpaired) electrons. The molecule has 4 nitrogen and oxygen atoms in total. The number of para-hydroxylation sites is 1. The Labute approximate surface area is 144 Å². The van der Waals surface area contributed by atoms with Crippen molar-refractivity contribution in [3.8, 4) is 5.75 Å². The molecule has 2 aromatic rings. The van der Waals surface area contributed by atoms with Crippen molar-refractivity contribution in [3.05, 3.63) is 59.1 Å². The summed E-state index contributed by atoms with van der Waals surface area (Å²) in [5.41, 5.74) is 1.71. The van der Waals surface area contributed by atoms with Crippen LogP contribution in [0.4, 0.5) is 10.5 Å². The van der Waals surface area contributed by atoms with E-state index in [9.17, 15) is 4.79 Å². The first-order valence-corrected chi connectivity index (χ1v) is 8.69. The number of nitrogens with one attached hydrogen (secondary N) is 1. The maximum absolute atomic E-state index is 12.6. The van der Waals surface area contributed by atoms with Gasteiger partial charge in [-0.25, -0.2) is 4.79 Å². The van der Waals surface area contributed by atoms with Gasteiger partial charge in [0.2, 0.25) is 0 Å². The predicted octanol–water partition coefficient (Wildman–Crippen LogP) is 4.63. The molecule has 0 aromatic heterocycles. The van der Waals surface area contributed by atoms with Crippen LogP contribution in [0.1, 0.15) is 10.9 Å². The van der Waals surface area contributed by atoms with Crippen molar-refractivity contribution in [3.63, 3.8) is 0 Å². The second-order valence-electron chi connectivity index (χ2n) is 5.10. The van der Waals surface area contributed by atoms with E-state index in [0.717, 1.165) is 17.1 Å². The smallest absolute Gasteiger partial charge is 0.323 e. The highest BCUT2D eigenvalue weighted by Crippen LogP contribution is 2.41. The van der Waals surface area contributed by atoms with Crippen LogP contribution in [-0.4, -0.2) is 30.3 Å². The minimum absolute atomic E-state index is 0.0506. The van der Waals surface area contributed by atoms with Gasteiger partial charge >= 0.3 is 6.03 Å². The molecule has 0 aliphatic carbocycles. The zero-order valence-electron chi connectivity index (χ0n) is 12.7. The van der Waals surface area contributed by atoms with Gasteiger partial charge in [-0.3, -0.25) is 0 Å². The lowest BCUT2D eigenvalue weighted by molar-refractivity contribution is 0.213. The summed E-state index contributed by atoms with van der Waals surface area (Å²) in [6.07, 6.45) is 0. The molecule has 0 saturated carbocycles. The van der Waals surface area contributed by atoms with Gasteiger partial charge in [-0.15, -0.1) is 11.8 Å². The highest BCUT2D eigenvalue weighted by molar-refractivity contribution is 7.99. The number of thioether (sulfide) groups is 1. The number of hydrogen-bond acceptors (Lipinski definition) is 3. The third kappa shape index (κ3) is 3.57. The van der Waals surface area contributed by atoms with Gasteiger partial charge in [0.25, 0.3) is 0 Å². The largest absolute Gasteiger partial charge is 0.496 e. The Kier molecular flexibility index (Phi) is 4.98. The third-order valence-electron chi connectivity index (χ3n) is 3.63. The Morgan fingerprint density at radius 3 is 2.91 bits per heavy atom. The zero-order valence-corrected chi connectivity index (χ0v) is 14.2. The van der Waals surface area contributed by atoms with Crippen LogP contribution >= 0.6 is 23.4 Å². The average molecular weight is 349 g/mol. The van der Waals surface area contributed by atoms with Crippen LogP contribution in [0.2, 0.25) is 5.02 Å². The Balaban J connectivity index is 1.80. The molecule has 0 bridgehead atoms. The first-order chi connectivity index (χ1) is 11.2. The third-order valence-corrected chi connectivity index (χ3v) is 5.11. The molecule has 0 spiro atoms. The summed E-state index contributed by atoms with van der Waals surface area (Å²) in [5, 5.41) is 3.46. The van der Waals surface area contributed by atoms with E-state index in [1.165, 1.54) is 0 Å². The molecular formula is C17H17ClN2O2S. The molecule has 120 valence electrons. The Bertz CT molecular complexity index is 710. The number of ether oxygens (including phenoxy) is 1. The van der Waals surface area contributed by atoms with E-state index in [1.807, 2.05) is 41.3 Å². The molecule has 3 rings (SSSR count). The van der Waals surface area contributed by atoms with E-state index in [-0.39, 0.29) is 11.4 Å². The molecular weight excluding hydrogens is 332 g/mol. The highest BCUT2D eigenvalue weighted by atomic mass is 35.5. The average Bonchev–Trinajstić information content (AvgIpc) is 3.04. The lowest BCUT2D eigenvalue weighted by Crippen LogP contribution is -2.34. The number of halogens is 1. The first kappa shape index (κ1) is 16.0. The van der Waals surface area contributed by atoms with Crippen molar-refractivity contribution in [2.75, 3.05) is 24.7 Å². The molecule has 0 unspecified atom stereocenters. The molecule has 2 aromatic carbocycles. The first-order valence-electron chi connectivity index (χ1n) is 7.27. The van der Waals surface area contributed by atoms with Gasteiger partial charge in [-0.2, -0.15) is 0 Å². The van der Waals surface area contributed by atoms with E-state index in [1.54, 1.807) is 31.0 Å². The molecule has 1 saturated heterocycles. The van der Waals surface area contributed by atoms with Crippen LogP contribution in [0, 0.1) is 0 Å². The summed E-state index contributed by atoms with van der Waals surface area (Å²) in [6, 6.07) is 14.8. The number of anilines is 1. The number of benzene rings is 2. The minimum Gasteiger partial charge on any atom is -0.496 e. The Hall–Kier alpha value is -1.85. The van der Waals surface area contributed by atoms with Crippen LogP contribution < -0.4 is 10.1 Å². The van der Waals surface area contributed by atoms with Gasteiger partial charge in [0, 0.05) is 28.6 Å².